The van der Waals surface area contributed by atoms with Gasteiger partial charge in [-0.15, -0.1) is 0 Å². The van der Waals surface area contributed by atoms with Crippen molar-refractivity contribution in [2.24, 2.45) is 16.7 Å². The second kappa shape index (κ2) is 3.71. The van der Waals surface area contributed by atoms with Crippen LogP contribution in [0.4, 0.5) is 0 Å². The van der Waals surface area contributed by atoms with Crippen molar-refractivity contribution in [3.63, 3.8) is 0 Å². The zero-order valence-electron chi connectivity index (χ0n) is 12.0. The summed E-state index contributed by atoms with van der Waals surface area (Å²) in [6, 6.07) is 0. The number of hydrogen-bond acceptors (Lipinski definition) is 5. The summed E-state index contributed by atoms with van der Waals surface area (Å²) in [6.07, 6.45) is 1.32. The second-order valence-corrected chi connectivity index (χ2v) is 7.01. The van der Waals surface area contributed by atoms with E-state index in [4.69, 9.17) is 4.74 Å². The minimum absolute atomic E-state index is 0.0169. The van der Waals surface area contributed by atoms with E-state index in [9.17, 15) is 19.8 Å². The zero-order chi connectivity index (χ0) is 14.9. The van der Waals surface area contributed by atoms with Crippen LogP contribution >= 0.6 is 0 Å². The lowest BCUT2D eigenvalue weighted by Gasteiger charge is -2.57. The van der Waals surface area contributed by atoms with Crippen LogP contribution in [0.1, 0.15) is 33.6 Å². The summed E-state index contributed by atoms with van der Waals surface area (Å²) < 4.78 is 5.01. The molecule has 0 radical (unpaired) electrons. The minimum Gasteiger partial charge on any atom is -0.459 e. The van der Waals surface area contributed by atoms with Gasteiger partial charge in [0, 0.05) is 28.7 Å². The molecule has 2 N–H and O–H groups in total. The first kappa shape index (κ1) is 13.8. The van der Waals surface area contributed by atoms with Crippen molar-refractivity contribution in [2.75, 3.05) is 6.61 Å². The summed E-state index contributed by atoms with van der Waals surface area (Å²) in [5.74, 6) is -1.10. The number of hydrogen-bond donors (Lipinski definition) is 2. The van der Waals surface area contributed by atoms with E-state index >= 15 is 0 Å². The summed E-state index contributed by atoms with van der Waals surface area (Å²) in [5.41, 5.74) is -2.96. The van der Waals surface area contributed by atoms with Gasteiger partial charge in [0.2, 0.25) is 0 Å². The quantitative estimate of drug-likeness (QED) is 0.501. The Morgan fingerprint density at radius 1 is 1.30 bits per heavy atom. The largest absolute Gasteiger partial charge is 0.459 e. The molecule has 0 amide bonds. The molecule has 4 unspecified atom stereocenters. The maximum absolute atomic E-state index is 12.2. The highest BCUT2D eigenvalue weighted by Crippen LogP contribution is 2.61. The average molecular weight is 280 g/mol. The van der Waals surface area contributed by atoms with Gasteiger partial charge in [0.1, 0.15) is 12.4 Å². The first-order chi connectivity index (χ1) is 9.15. The number of ether oxygens (including phenoxy) is 1. The van der Waals surface area contributed by atoms with Gasteiger partial charge < -0.3 is 14.9 Å². The number of ketones is 1. The molecule has 1 saturated carbocycles. The van der Waals surface area contributed by atoms with Crippen LogP contribution in [0, 0.1) is 16.7 Å². The number of carbonyl (C=O) groups is 2. The Balaban J connectivity index is 2.22. The SMILES string of the molecule is CC1(C)C(=O)CCC2(C)C1C(O)C=C1COC(=O)C12O. The first-order valence-corrected chi connectivity index (χ1v) is 6.98. The number of cyclic esters (lactones) is 1. The van der Waals surface area contributed by atoms with E-state index in [0.717, 1.165) is 0 Å². The highest BCUT2D eigenvalue weighted by atomic mass is 16.6. The Morgan fingerprint density at radius 2 is 1.95 bits per heavy atom. The van der Waals surface area contributed by atoms with E-state index in [1.807, 2.05) is 0 Å². The molecule has 1 saturated heterocycles. The molecule has 4 atom stereocenters. The third-order valence-electron chi connectivity index (χ3n) is 5.71. The fourth-order valence-electron chi connectivity index (χ4n) is 4.58. The van der Waals surface area contributed by atoms with Gasteiger partial charge in [-0.1, -0.05) is 20.8 Å². The average Bonchev–Trinajstić information content (AvgIpc) is 2.64. The lowest BCUT2D eigenvalue weighted by molar-refractivity contribution is -0.191. The molecular formula is C15H20O5. The lowest BCUT2D eigenvalue weighted by atomic mass is 9.46. The number of Topliss-reactive ketones (excluding diaryl/α,β-unsaturated/α-hetero) is 1. The van der Waals surface area contributed by atoms with Gasteiger partial charge in [-0.2, -0.15) is 0 Å². The molecule has 5 nitrogen and oxygen atoms in total. The van der Waals surface area contributed by atoms with E-state index in [1.165, 1.54) is 6.08 Å². The molecule has 0 aromatic heterocycles. The predicted octanol–water partition coefficient (Wildman–Crippen LogP) is 0.587. The molecule has 0 aromatic carbocycles. The molecule has 110 valence electrons. The molecule has 2 fully saturated rings. The van der Waals surface area contributed by atoms with Gasteiger partial charge in [-0.3, -0.25) is 4.79 Å². The van der Waals surface area contributed by atoms with Crippen molar-refractivity contribution in [3.8, 4) is 0 Å². The zero-order valence-corrected chi connectivity index (χ0v) is 12.0. The Morgan fingerprint density at radius 3 is 2.60 bits per heavy atom. The number of fused-ring (bicyclic) bond motifs is 3. The predicted molar refractivity (Wildman–Crippen MR) is 69.6 cm³/mol. The molecule has 1 heterocycles. The molecule has 0 spiro atoms. The van der Waals surface area contributed by atoms with Crippen LogP contribution in [-0.2, 0) is 14.3 Å². The monoisotopic (exact) mass is 280 g/mol. The van der Waals surface area contributed by atoms with E-state index in [2.05, 4.69) is 0 Å². The number of rotatable bonds is 0. The van der Waals surface area contributed by atoms with Crippen LogP contribution in [0.3, 0.4) is 0 Å². The molecule has 5 heteroatoms. The third-order valence-corrected chi connectivity index (χ3v) is 5.71. The molecule has 20 heavy (non-hydrogen) atoms. The van der Waals surface area contributed by atoms with E-state index in [1.54, 1.807) is 20.8 Å². The van der Waals surface area contributed by atoms with Crippen LogP contribution in [-0.4, -0.2) is 40.3 Å². The van der Waals surface area contributed by atoms with Crippen molar-refractivity contribution in [1.29, 1.82) is 0 Å². The smallest absolute Gasteiger partial charge is 0.343 e. The Hall–Kier alpha value is -1.20. The number of esters is 1. The summed E-state index contributed by atoms with van der Waals surface area (Å²) in [4.78, 5) is 24.3. The Labute approximate surface area is 117 Å². The molecule has 3 rings (SSSR count). The highest BCUT2D eigenvalue weighted by Gasteiger charge is 2.70. The molecular weight excluding hydrogens is 260 g/mol. The van der Waals surface area contributed by atoms with Gasteiger partial charge in [0.25, 0.3) is 0 Å². The standard InChI is InChI=1S/C15H20O5/c1-13(2)10(17)4-5-14(3)11(13)9(16)6-8-7-20-12(18)15(8,14)19/h6,9,11,16,19H,4-5,7H2,1-3H3. The topological polar surface area (TPSA) is 83.8 Å². The molecule has 2 aliphatic carbocycles. The van der Waals surface area contributed by atoms with Crippen LogP contribution in [0.25, 0.3) is 0 Å². The van der Waals surface area contributed by atoms with Gasteiger partial charge in [-0.05, 0) is 12.5 Å². The normalized spacial score (nSPS) is 46.4. The summed E-state index contributed by atoms with van der Waals surface area (Å²) in [5, 5.41) is 21.5. The molecule has 0 aromatic rings. The highest BCUT2D eigenvalue weighted by molar-refractivity contribution is 5.91. The molecule has 0 bridgehead atoms. The summed E-state index contributed by atoms with van der Waals surface area (Å²) in [7, 11) is 0. The van der Waals surface area contributed by atoms with Crippen molar-refractivity contribution >= 4 is 11.8 Å². The molecule has 1 aliphatic heterocycles. The Bertz CT molecular complexity index is 534. The van der Waals surface area contributed by atoms with Crippen LogP contribution in [0.15, 0.2) is 11.6 Å². The van der Waals surface area contributed by atoms with E-state index in [0.29, 0.717) is 18.4 Å². The number of aliphatic hydroxyl groups is 2. The Kier molecular flexibility index (Phi) is 2.55. The fourth-order valence-corrected chi connectivity index (χ4v) is 4.58. The van der Waals surface area contributed by atoms with Gasteiger partial charge in [0.15, 0.2) is 5.60 Å². The van der Waals surface area contributed by atoms with Crippen molar-refractivity contribution < 1.29 is 24.5 Å². The number of aliphatic hydroxyl groups excluding tert-OH is 1. The summed E-state index contributed by atoms with van der Waals surface area (Å²) >= 11 is 0. The van der Waals surface area contributed by atoms with E-state index in [-0.39, 0.29) is 12.4 Å². The van der Waals surface area contributed by atoms with Crippen molar-refractivity contribution in [1.82, 2.24) is 0 Å². The van der Waals surface area contributed by atoms with Crippen molar-refractivity contribution in [2.45, 2.75) is 45.3 Å². The fraction of sp³-hybridized carbons (Fsp3) is 0.733. The summed E-state index contributed by atoms with van der Waals surface area (Å²) in [6.45, 7) is 5.37. The van der Waals surface area contributed by atoms with Crippen molar-refractivity contribution in [3.05, 3.63) is 11.6 Å². The molecule has 3 aliphatic rings. The van der Waals surface area contributed by atoms with Crippen LogP contribution in [0.5, 0.6) is 0 Å². The van der Waals surface area contributed by atoms with Crippen LogP contribution < -0.4 is 0 Å². The van der Waals surface area contributed by atoms with Gasteiger partial charge in [-0.25, -0.2) is 4.79 Å². The first-order valence-electron chi connectivity index (χ1n) is 6.98. The van der Waals surface area contributed by atoms with Gasteiger partial charge in [0.05, 0.1) is 6.10 Å². The minimum atomic E-state index is -1.71. The maximum Gasteiger partial charge on any atom is 0.343 e. The van der Waals surface area contributed by atoms with Gasteiger partial charge >= 0.3 is 5.97 Å². The second-order valence-electron chi connectivity index (χ2n) is 7.01. The number of carbonyl (C=O) groups excluding carboxylic acids is 2. The lowest BCUT2D eigenvalue weighted by Crippen LogP contribution is -2.66. The third kappa shape index (κ3) is 1.30. The maximum atomic E-state index is 12.2. The van der Waals surface area contributed by atoms with E-state index < -0.39 is 34.4 Å². The van der Waals surface area contributed by atoms with Crippen LogP contribution in [0.2, 0.25) is 0 Å².